The maximum absolute atomic E-state index is 13.9. The van der Waals surface area contributed by atoms with Gasteiger partial charge in [0.15, 0.2) is 11.7 Å². The Hall–Kier alpha value is -3.00. The van der Waals surface area contributed by atoms with Crippen molar-refractivity contribution in [3.63, 3.8) is 0 Å². The van der Waals surface area contributed by atoms with Gasteiger partial charge in [0.1, 0.15) is 17.7 Å². The van der Waals surface area contributed by atoms with E-state index < -0.39 is 6.10 Å². The first-order chi connectivity index (χ1) is 14.5. The second-order valence-electron chi connectivity index (χ2n) is 7.66. The molecule has 1 N–H and O–H groups in total. The molecule has 8 heteroatoms. The van der Waals surface area contributed by atoms with Crippen LogP contribution in [0.2, 0.25) is 0 Å². The molecule has 2 aromatic heterocycles. The summed E-state index contributed by atoms with van der Waals surface area (Å²) >= 11 is 0. The largest absolute Gasteiger partial charge is 0.441 e. The Morgan fingerprint density at radius 2 is 2.07 bits per heavy atom. The molecule has 0 aliphatic carbocycles. The lowest BCUT2D eigenvalue weighted by atomic mass is 9.90. The van der Waals surface area contributed by atoms with E-state index >= 15 is 0 Å². The Labute approximate surface area is 174 Å². The number of carbonyl (C=O) groups is 1. The Kier molecular flexibility index (Phi) is 5.94. The Morgan fingerprint density at radius 1 is 1.30 bits per heavy atom. The zero-order valence-corrected chi connectivity index (χ0v) is 16.9. The maximum Gasteiger partial charge on any atom is 0.223 e. The van der Waals surface area contributed by atoms with Gasteiger partial charge < -0.3 is 19.0 Å². The van der Waals surface area contributed by atoms with Gasteiger partial charge >= 0.3 is 0 Å². The lowest BCUT2D eigenvalue weighted by Crippen LogP contribution is -2.40. The quantitative estimate of drug-likeness (QED) is 0.673. The van der Waals surface area contributed by atoms with Gasteiger partial charge in [-0.3, -0.25) is 4.79 Å². The minimum absolute atomic E-state index is 0.0329. The van der Waals surface area contributed by atoms with Crippen LogP contribution in [0.1, 0.15) is 37.1 Å². The summed E-state index contributed by atoms with van der Waals surface area (Å²) in [6, 6.07) is 6.36. The third-order valence-electron chi connectivity index (χ3n) is 5.71. The highest BCUT2D eigenvalue weighted by Gasteiger charge is 2.30. The van der Waals surface area contributed by atoms with Crippen LogP contribution in [0.4, 0.5) is 4.39 Å². The van der Waals surface area contributed by atoms with Crippen LogP contribution in [0.25, 0.3) is 11.3 Å². The molecule has 1 amide bonds. The summed E-state index contributed by atoms with van der Waals surface area (Å²) in [4.78, 5) is 22.8. The second kappa shape index (κ2) is 8.79. The number of carbonyl (C=O) groups excluding carboxylic acids is 1. The monoisotopic (exact) mass is 412 g/mol. The number of piperidine rings is 1. The van der Waals surface area contributed by atoms with E-state index in [-0.39, 0.29) is 24.1 Å². The van der Waals surface area contributed by atoms with Crippen molar-refractivity contribution in [2.75, 3.05) is 13.1 Å². The van der Waals surface area contributed by atoms with Crippen LogP contribution in [0.5, 0.6) is 0 Å². The molecule has 1 atom stereocenters. The second-order valence-corrected chi connectivity index (χ2v) is 7.66. The molecular weight excluding hydrogens is 387 g/mol. The molecule has 30 heavy (non-hydrogen) atoms. The minimum atomic E-state index is -0.619. The van der Waals surface area contributed by atoms with Crippen molar-refractivity contribution in [3.05, 3.63) is 60.4 Å². The number of aryl methyl sites for hydroxylation is 2. The number of rotatable bonds is 6. The third-order valence-corrected chi connectivity index (χ3v) is 5.71. The van der Waals surface area contributed by atoms with Crippen molar-refractivity contribution in [3.8, 4) is 11.3 Å². The summed E-state index contributed by atoms with van der Waals surface area (Å²) in [5.74, 6) is 1.19. The SMILES string of the molecule is Cn1ccnc1C(O)C1CCN(C(=O)CCc2ncc(-c3ccccc3F)o2)CC1. The molecule has 4 rings (SSSR count). The number of imidazole rings is 1. The van der Waals surface area contributed by atoms with Crippen molar-refractivity contribution in [2.24, 2.45) is 13.0 Å². The van der Waals surface area contributed by atoms with Crippen molar-refractivity contribution >= 4 is 5.91 Å². The standard InChI is InChI=1S/C22H25FN4O3/c1-26-13-10-24-22(26)21(29)15-8-11-27(12-9-15)20(28)7-6-19-25-14-18(30-19)16-4-2-3-5-17(16)23/h2-5,10,13-15,21,29H,6-9,11-12H2,1H3. The number of nitrogens with zero attached hydrogens (tertiary/aromatic N) is 4. The summed E-state index contributed by atoms with van der Waals surface area (Å²) in [6.07, 6.45) is 6.48. The number of oxazole rings is 1. The zero-order chi connectivity index (χ0) is 21.1. The van der Waals surface area contributed by atoms with Crippen LogP contribution < -0.4 is 0 Å². The molecule has 1 aliphatic rings. The van der Waals surface area contributed by atoms with Gasteiger partial charge in [0.05, 0.1) is 11.8 Å². The van der Waals surface area contributed by atoms with Crippen molar-refractivity contribution in [1.82, 2.24) is 19.4 Å². The number of benzene rings is 1. The highest BCUT2D eigenvalue weighted by Crippen LogP contribution is 2.30. The smallest absolute Gasteiger partial charge is 0.223 e. The van der Waals surface area contributed by atoms with Crippen LogP contribution in [0.3, 0.4) is 0 Å². The van der Waals surface area contributed by atoms with E-state index in [2.05, 4.69) is 9.97 Å². The Morgan fingerprint density at radius 3 is 2.77 bits per heavy atom. The van der Waals surface area contributed by atoms with E-state index in [1.165, 1.54) is 12.3 Å². The van der Waals surface area contributed by atoms with Crippen LogP contribution in [0.15, 0.2) is 47.3 Å². The van der Waals surface area contributed by atoms with Gasteiger partial charge in [0.2, 0.25) is 5.91 Å². The number of halogens is 1. The van der Waals surface area contributed by atoms with Crippen LogP contribution in [-0.2, 0) is 18.3 Å². The molecule has 1 unspecified atom stereocenters. The van der Waals surface area contributed by atoms with E-state index in [0.29, 0.717) is 42.5 Å². The third kappa shape index (κ3) is 4.28. The number of likely N-dealkylation sites (tertiary alicyclic amines) is 1. The normalized spacial score (nSPS) is 16.0. The molecule has 1 saturated heterocycles. The van der Waals surface area contributed by atoms with Crippen LogP contribution in [-0.4, -0.2) is 43.5 Å². The molecule has 0 radical (unpaired) electrons. The lowest BCUT2D eigenvalue weighted by molar-refractivity contribution is -0.133. The molecule has 0 bridgehead atoms. The first kappa shape index (κ1) is 20.3. The van der Waals surface area contributed by atoms with Gasteiger partial charge in [-0.1, -0.05) is 12.1 Å². The van der Waals surface area contributed by atoms with Gasteiger partial charge in [-0.15, -0.1) is 0 Å². The predicted molar refractivity (Wildman–Crippen MR) is 108 cm³/mol. The topological polar surface area (TPSA) is 84.4 Å². The summed E-state index contributed by atoms with van der Waals surface area (Å²) in [5, 5.41) is 10.6. The van der Waals surface area contributed by atoms with Gasteiger partial charge in [-0.05, 0) is 30.9 Å². The van der Waals surface area contributed by atoms with Crippen molar-refractivity contribution in [2.45, 2.75) is 31.8 Å². The fourth-order valence-corrected chi connectivity index (χ4v) is 3.92. The molecule has 3 heterocycles. The van der Waals surface area contributed by atoms with Crippen LogP contribution >= 0.6 is 0 Å². The molecule has 0 saturated carbocycles. The average molecular weight is 412 g/mol. The first-order valence-corrected chi connectivity index (χ1v) is 10.2. The molecule has 1 aromatic carbocycles. The number of hydrogen-bond acceptors (Lipinski definition) is 5. The van der Waals surface area contributed by atoms with E-state index in [0.717, 1.165) is 12.8 Å². The number of aliphatic hydroxyl groups is 1. The fraction of sp³-hybridized carbons (Fsp3) is 0.409. The highest BCUT2D eigenvalue weighted by molar-refractivity contribution is 5.76. The molecule has 0 spiro atoms. The minimum Gasteiger partial charge on any atom is -0.441 e. The molecule has 7 nitrogen and oxygen atoms in total. The summed E-state index contributed by atoms with van der Waals surface area (Å²) in [7, 11) is 1.87. The number of hydrogen-bond donors (Lipinski definition) is 1. The summed E-state index contributed by atoms with van der Waals surface area (Å²) in [5.41, 5.74) is 0.357. The van der Waals surface area contributed by atoms with E-state index in [1.54, 1.807) is 24.4 Å². The average Bonchev–Trinajstić information content (AvgIpc) is 3.41. The van der Waals surface area contributed by atoms with Gasteiger partial charge in [-0.2, -0.15) is 0 Å². The van der Waals surface area contributed by atoms with E-state index in [4.69, 9.17) is 4.42 Å². The maximum atomic E-state index is 13.9. The number of aromatic nitrogens is 3. The van der Waals surface area contributed by atoms with E-state index in [1.807, 2.05) is 22.7 Å². The zero-order valence-electron chi connectivity index (χ0n) is 16.9. The van der Waals surface area contributed by atoms with Gasteiger partial charge in [-0.25, -0.2) is 14.4 Å². The predicted octanol–water partition coefficient (Wildman–Crippen LogP) is 3.12. The lowest BCUT2D eigenvalue weighted by Gasteiger charge is -2.34. The Balaban J connectivity index is 1.28. The van der Waals surface area contributed by atoms with E-state index in [9.17, 15) is 14.3 Å². The van der Waals surface area contributed by atoms with Crippen molar-refractivity contribution in [1.29, 1.82) is 0 Å². The molecule has 1 aliphatic heterocycles. The van der Waals surface area contributed by atoms with Gasteiger partial charge in [0.25, 0.3) is 0 Å². The van der Waals surface area contributed by atoms with Crippen molar-refractivity contribution < 1.29 is 18.7 Å². The summed E-state index contributed by atoms with van der Waals surface area (Å²) < 4.78 is 21.3. The summed E-state index contributed by atoms with van der Waals surface area (Å²) in [6.45, 7) is 1.22. The Bertz CT molecular complexity index is 1010. The van der Waals surface area contributed by atoms with Crippen LogP contribution in [0, 0.1) is 11.7 Å². The molecular formula is C22H25FN4O3. The number of aliphatic hydroxyl groups excluding tert-OH is 1. The van der Waals surface area contributed by atoms with Gasteiger partial charge in [0, 0.05) is 45.4 Å². The first-order valence-electron chi connectivity index (χ1n) is 10.2. The number of amides is 1. The molecule has 3 aromatic rings. The molecule has 158 valence electrons. The highest BCUT2D eigenvalue weighted by atomic mass is 19.1. The fourth-order valence-electron chi connectivity index (χ4n) is 3.92. The molecule has 1 fully saturated rings.